The molecular formula is C13H11BrF6N2O. The number of carbonyl (C=O) groups excluding carboxylic acids is 1. The molecule has 2 saturated carbocycles. The van der Waals surface area contributed by atoms with Crippen molar-refractivity contribution in [2.45, 2.75) is 48.4 Å². The molecule has 0 radical (unpaired) electrons. The molecule has 1 heterocycles. The van der Waals surface area contributed by atoms with Crippen LogP contribution < -0.4 is 0 Å². The van der Waals surface area contributed by atoms with Gasteiger partial charge in [-0.05, 0) is 25.7 Å². The van der Waals surface area contributed by atoms with Crippen LogP contribution in [0.2, 0.25) is 0 Å². The Hall–Kier alpha value is -1.06. The second-order valence-corrected chi connectivity index (χ2v) is 6.93. The smallest absolute Gasteiger partial charge is 0.317 e. The van der Waals surface area contributed by atoms with Crippen LogP contribution in [0.1, 0.15) is 36.3 Å². The summed E-state index contributed by atoms with van der Waals surface area (Å²) in [6.45, 7) is 0. The van der Waals surface area contributed by atoms with Crippen molar-refractivity contribution < 1.29 is 31.1 Å². The maximum Gasteiger partial charge on any atom is 0.401 e. The van der Waals surface area contributed by atoms with Crippen molar-refractivity contribution in [3.8, 4) is 0 Å². The van der Waals surface area contributed by atoms with Gasteiger partial charge < -0.3 is 4.57 Å². The molecule has 1 aromatic heterocycles. The van der Waals surface area contributed by atoms with Crippen LogP contribution >= 0.6 is 15.9 Å². The van der Waals surface area contributed by atoms with Gasteiger partial charge in [-0.3, -0.25) is 4.79 Å². The lowest BCUT2D eigenvalue weighted by atomic mass is 10.00. The first-order valence-electron chi connectivity index (χ1n) is 6.80. The zero-order valence-electron chi connectivity index (χ0n) is 11.5. The summed E-state index contributed by atoms with van der Waals surface area (Å²) < 4.78 is 79.0. The van der Waals surface area contributed by atoms with E-state index >= 15 is 0 Å². The average molecular weight is 405 g/mol. The molecule has 1 unspecified atom stereocenters. The van der Waals surface area contributed by atoms with E-state index in [1.807, 2.05) is 0 Å². The van der Waals surface area contributed by atoms with E-state index in [2.05, 4.69) is 20.9 Å². The lowest BCUT2D eigenvalue weighted by Gasteiger charge is -2.21. The lowest BCUT2D eigenvalue weighted by molar-refractivity contribution is -0.191. The Kier molecular flexibility index (Phi) is 3.45. The van der Waals surface area contributed by atoms with Crippen LogP contribution in [-0.4, -0.2) is 27.7 Å². The van der Waals surface area contributed by atoms with Crippen molar-refractivity contribution in [2.24, 2.45) is 5.41 Å². The maximum atomic E-state index is 13.0. The summed E-state index contributed by atoms with van der Waals surface area (Å²) in [7, 11) is 0. The monoisotopic (exact) mass is 404 g/mol. The van der Waals surface area contributed by atoms with E-state index in [1.165, 1.54) is 0 Å². The van der Waals surface area contributed by atoms with Gasteiger partial charge in [0.1, 0.15) is 15.8 Å². The Morgan fingerprint density at radius 1 is 1.13 bits per heavy atom. The van der Waals surface area contributed by atoms with E-state index in [1.54, 1.807) is 0 Å². The van der Waals surface area contributed by atoms with Crippen molar-refractivity contribution in [3.05, 3.63) is 18.2 Å². The van der Waals surface area contributed by atoms with Gasteiger partial charge >= 0.3 is 12.4 Å². The molecule has 1 aromatic rings. The van der Waals surface area contributed by atoms with Gasteiger partial charge in [0.15, 0.2) is 5.78 Å². The third kappa shape index (κ3) is 2.40. The molecule has 0 amide bonds. The van der Waals surface area contributed by atoms with Crippen molar-refractivity contribution >= 4 is 21.7 Å². The molecular weight excluding hydrogens is 394 g/mol. The molecule has 3 rings (SSSR count). The molecule has 0 aliphatic heterocycles. The van der Waals surface area contributed by atoms with Gasteiger partial charge in [-0.15, -0.1) is 0 Å². The van der Waals surface area contributed by atoms with Crippen molar-refractivity contribution in [2.75, 3.05) is 0 Å². The minimum absolute atomic E-state index is 0.110. The molecule has 23 heavy (non-hydrogen) atoms. The number of carbonyl (C=O) groups is 1. The Morgan fingerprint density at radius 2 is 1.70 bits per heavy atom. The Balaban J connectivity index is 1.83. The van der Waals surface area contributed by atoms with Crippen LogP contribution in [0, 0.1) is 5.41 Å². The van der Waals surface area contributed by atoms with Gasteiger partial charge in [-0.25, -0.2) is 4.98 Å². The van der Waals surface area contributed by atoms with Gasteiger partial charge in [-0.1, -0.05) is 15.9 Å². The van der Waals surface area contributed by atoms with Gasteiger partial charge in [0, 0.05) is 6.20 Å². The van der Waals surface area contributed by atoms with E-state index in [0.29, 0.717) is 0 Å². The van der Waals surface area contributed by atoms with Crippen LogP contribution in [-0.2, 0) is 10.2 Å². The van der Waals surface area contributed by atoms with Crippen molar-refractivity contribution in [1.82, 2.24) is 9.55 Å². The highest BCUT2D eigenvalue weighted by Gasteiger charge is 2.69. The molecule has 0 bridgehead atoms. The van der Waals surface area contributed by atoms with Crippen molar-refractivity contribution in [3.63, 3.8) is 0 Å². The predicted molar refractivity (Wildman–Crippen MR) is 69.9 cm³/mol. The van der Waals surface area contributed by atoms with E-state index in [4.69, 9.17) is 0 Å². The summed E-state index contributed by atoms with van der Waals surface area (Å²) in [5, 5.41) is 0. The van der Waals surface area contributed by atoms with Crippen LogP contribution in [0.4, 0.5) is 26.3 Å². The summed E-state index contributed by atoms with van der Waals surface area (Å²) >= 11 is 2.86. The SMILES string of the molecule is O=C(C(Br)n1cnc(C2(C(F)(F)F)CC2)c1)C1(C(F)(F)F)CC1. The number of ketones is 1. The fourth-order valence-corrected chi connectivity index (χ4v) is 3.34. The Labute approximate surface area is 135 Å². The minimum Gasteiger partial charge on any atom is -0.317 e. The minimum atomic E-state index is -4.66. The Bertz CT molecular complexity index is 642. The molecule has 0 spiro atoms. The summed E-state index contributed by atoms with van der Waals surface area (Å²) in [4.78, 5) is 14.4. The summed E-state index contributed by atoms with van der Waals surface area (Å²) in [5.41, 5.74) is -4.69. The average Bonchev–Trinajstić information content (AvgIpc) is 3.32. The van der Waals surface area contributed by atoms with E-state index in [0.717, 1.165) is 17.1 Å². The standard InChI is InChI=1S/C13H11BrF6N2O/c14-9(8(23)11(3-4-11)13(18,19)20)22-5-7(21-6-22)10(1-2-10)12(15,16)17/h5-6,9H,1-4H2. The number of hydrogen-bond acceptors (Lipinski definition) is 2. The molecule has 0 aromatic carbocycles. The highest BCUT2D eigenvalue weighted by Crippen LogP contribution is 2.61. The van der Waals surface area contributed by atoms with E-state index in [9.17, 15) is 31.1 Å². The third-order valence-corrected chi connectivity index (χ3v) is 5.52. The normalized spacial score (nSPS) is 23.4. The summed E-state index contributed by atoms with van der Waals surface area (Å²) in [6.07, 6.45) is -7.99. The summed E-state index contributed by atoms with van der Waals surface area (Å²) in [5.74, 6) is -1.11. The van der Waals surface area contributed by atoms with Crippen LogP contribution in [0.3, 0.4) is 0 Å². The van der Waals surface area contributed by atoms with E-state index in [-0.39, 0.29) is 31.4 Å². The number of aromatic nitrogens is 2. The number of alkyl halides is 7. The molecule has 3 nitrogen and oxygen atoms in total. The molecule has 10 heteroatoms. The van der Waals surface area contributed by atoms with E-state index < -0.39 is 33.9 Å². The second kappa shape index (κ2) is 4.73. The zero-order chi connectivity index (χ0) is 17.3. The fraction of sp³-hybridized carbons (Fsp3) is 0.692. The maximum absolute atomic E-state index is 13.0. The van der Waals surface area contributed by atoms with Gasteiger partial charge in [-0.2, -0.15) is 26.3 Å². The first-order valence-corrected chi connectivity index (χ1v) is 7.72. The molecule has 2 aliphatic carbocycles. The predicted octanol–water partition coefficient (Wildman–Crippen LogP) is 4.28. The topological polar surface area (TPSA) is 34.9 Å². The van der Waals surface area contributed by atoms with Crippen LogP contribution in [0.5, 0.6) is 0 Å². The van der Waals surface area contributed by atoms with Crippen LogP contribution in [0.15, 0.2) is 12.5 Å². The molecule has 1 atom stereocenters. The number of rotatable bonds is 4. The number of nitrogens with zero attached hydrogens (tertiary/aromatic N) is 2. The number of Topliss-reactive ketones (excluding diaryl/α,β-unsaturated/α-hetero) is 1. The third-order valence-electron chi connectivity index (χ3n) is 4.63. The number of halogens is 7. The zero-order valence-corrected chi connectivity index (χ0v) is 13.1. The molecule has 128 valence electrons. The molecule has 2 aliphatic rings. The summed E-state index contributed by atoms with van der Waals surface area (Å²) in [6, 6.07) is 0. The lowest BCUT2D eigenvalue weighted by Crippen LogP contribution is -2.36. The highest BCUT2D eigenvalue weighted by atomic mass is 79.9. The van der Waals surface area contributed by atoms with Gasteiger partial charge in [0.05, 0.1) is 12.0 Å². The fourth-order valence-electron chi connectivity index (χ4n) is 2.68. The van der Waals surface area contributed by atoms with Crippen LogP contribution in [0.25, 0.3) is 0 Å². The first kappa shape index (κ1) is 16.8. The quantitative estimate of drug-likeness (QED) is 0.554. The second-order valence-electron chi connectivity index (χ2n) is 6.07. The molecule has 2 fully saturated rings. The van der Waals surface area contributed by atoms with Crippen molar-refractivity contribution in [1.29, 1.82) is 0 Å². The highest BCUT2D eigenvalue weighted by molar-refractivity contribution is 9.09. The number of imidazole rings is 1. The first-order chi connectivity index (χ1) is 10.4. The molecule has 0 saturated heterocycles. The van der Waals surface area contributed by atoms with Gasteiger partial charge in [0.2, 0.25) is 0 Å². The molecule has 0 N–H and O–H groups in total. The number of hydrogen-bond donors (Lipinski definition) is 0. The Morgan fingerprint density at radius 3 is 2.09 bits per heavy atom. The van der Waals surface area contributed by atoms with Gasteiger partial charge in [0.25, 0.3) is 0 Å². The largest absolute Gasteiger partial charge is 0.401 e.